The highest BCUT2D eigenvalue weighted by atomic mass is 16.3. The van der Waals surface area contributed by atoms with E-state index in [1.54, 1.807) is 48.8 Å². The van der Waals surface area contributed by atoms with Crippen LogP contribution < -0.4 is 16.4 Å². The van der Waals surface area contributed by atoms with Gasteiger partial charge in [0.25, 0.3) is 5.91 Å². The minimum Gasteiger partial charge on any atom is -0.388 e. The minimum absolute atomic E-state index is 0.0664. The summed E-state index contributed by atoms with van der Waals surface area (Å²) in [4.78, 5) is 40.0. The second-order valence-corrected chi connectivity index (χ2v) is 7.69. The molecule has 5 N–H and O–H groups in total. The Morgan fingerprint density at radius 1 is 0.914 bits per heavy atom. The molecule has 1 heterocycles. The van der Waals surface area contributed by atoms with Crippen LogP contribution in [0.1, 0.15) is 33.5 Å². The lowest BCUT2D eigenvalue weighted by molar-refractivity contribution is -0.123. The van der Waals surface area contributed by atoms with E-state index in [-0.39, 0.29) is 12.5 Å². The number of aliphatic hydroxyl groups is 1. The summed E-state index contributed by atoms with van der Waals surface area (Å²) in [7, 11) is 0. The van der Waals surface area contributed by atoms with Gasteiger partial charge in [0.05, 0.1) is 0 Å². The first kappa shape index (κ1) is 25.3. The molecule has 0 aliphatic carbocycles. The lowest BCUT2D eigenvalue weighted by Gasteiger charge is -2.14. The highest BCUT2D eigenvalue weighted by molar-refractivity contribution is 5.98. The maximum atomic E-state index is 12.3. The van der Waals surface area contributed by atoms with E-state index in [0.717, 1.165) is 11.1 Å². The summed E-state index contributed by atoms with van der Waals surface area (Å²) in [5.74, 6) is 5.00. The molecule has 0 saturated carbocycles. The summed E-state index contributed by atoms with van der Waals surface area (Å²) in [6.07, 6.45) is 4.44. The quantitative estimate of drug-likeness (QED) is 0.352. The Kier molecular flexibility index (Phi) is 9.25. The van der Waals surface area contributed by atoms with Gasteiger partial charge < -0.3 is 21.5 Å². The molecule has 0 radical (unpaired) electrons. The third kappa shape index (κ3) is 7.89. The number of pyridine rings is 1. The average Bonchev–Trinajstić information content (AvgIpc) is 2.90. The van der Waals surface area contributed by atoms with Crippen LogP contribution in [0.25, 0.3) is 0 Å². The maximum absolute atomic E-state index is 12.3. The van der Waals surface area contributed by atoms with Gasteiger partial charge in [0.1, 0.15) is 12.6 Å². The maximum Gasteiger partial charge on any atom is 0.251 e. The standard InChI is InChI=1S/C27H26N4O4/c28-17-24(25(33)18-32)31-27(35)22-8-3-19(4-9-22)1-2-20-5-10-23(11-6-20)30-26(34)12-7-21-13-15-29-16-14-21/h3-6,8-11,13-16,24,32H,7,12,17-18,28H2,(H,30,34)(H,31,35)/t24-/m0/s1. The van der Waals surface area contributed by atoms with Gasteiger partial charge in [0, 0.05) is 47.7 Å². The first-order valence-corrected chi connectivity index (χ1v) is 11.0. The molecule has 0 saturated heterocycles. The van der Waals surface area contributed by atoms with E-state index in [2.05, 4.69) is 27.5 Å². The minimum atomic E-state index is -0.930. The number of rotatable bonds is 9. The summed E-state index contributed by atoms with van der Waals surface area (Å²) in [6.45, 7) is -0.779. The number of hydrogen-bond donors (Lipinski definition) is 4. The molecule has 8 heteroatoms. The zero-order chi connectivity index (χ0) is 25.0. The van der Waals surface area contributed by atoms with Crippen LogP contribution in [0, 0.1) is 11.8 Å². The average molecular weight is 471 g/mol. The molecule has 2 aromatic carbocycles. The predicted octanol–water partition coefficient (Wildman–Crippen LogP) is 1.67. The second-order valence-electron chi connectivity index (χ2n) is 7.69. The molecule has 0 fully saturated rings. The third-order valence-corrected chi connectivity index (χ3v) is 5.14. The summed E-state index contributed by atoms with van der Waals surface area (Å²) in [5.41, 5.74) is 9.06. The van der Waals surface area contributed by atoms with E-state index in [1.807, 2.05) is 24.3 Å². The predicted molar refractivity (Wildman–Crippen MR) is 132 cm³/mol. The van der Waals surface area contributed by atoms with E-state index < -0.39 is 24.3 Å². The monoisotopic (exact) mass is 470 g/mol. The fourth-order valence-corrected chi connectivity index (χ4v) is 3.14. The molecule has 1 aromatic heterocycles. The number of hydrogen-bond acceptors (Lipinski definition) is 6. The van der Waals surface area contributed by atoms with Crippen molar-refractivity contribution >= 4 is 23.3 Å². The van der Waals surface area contributed by atoms with Crippen molar-refractivity contribution in [3.8, 4) is 11.8 Å². The van der Waals surface area contributed by atoms with Crippen LogP contribution >= 0.6 is 0 Å². The number of aliphatic hydroxyl groups excluding tert-OH is 1. The van der Waals surface area contributed by atoms with Gasteiger partial charge in [-0.25, -0.2) is 0 Å². The van der Waals surface area contributed by atoms with Gasteiger partial charge in [-0.2, -0.15) is 0 Å². The van der Waals surface area contributed by atoms with Crippen molar-refractivity contribution in [2.45, 2.75) is 18.9 Å². The molecule has 3 rings (SSSR count). The second kappa shape index (κ2) is 12.8. The van der Waals surface area contributed by atoms with E-state index in [4.69, 9.17) is 10.8 Å². The largest absolute Gasteiger partial charge is 0.388 e. The number of anilines is 1. The lowest BCUT2D eigenvalue weighted by Crippen LogP contribution is -2.46. The molecular formula is C27H26N4O4. The fourth-order valence-electron chi connectivity index (χ4n) is 3.14. The normalized spacial score (nSPS) is 11.0. The number of nitrogens with zero attached hydrogens (tertiary/aromatic N) is 1. The zero-order valence-electron chi connectivity index (χ0n) is 19.0. The molecule has 8 nitrogen and oxygen atoms in total. The Morgan fingerprint density at radius 2 is 1.51 bits per heavy atom. The van der Waals surface area contributed by atoms with Crippen molar-refractivity contribution in [3.63, 3.8) is 0 Å². The smallest absolute Gasteiger partial charge is 0.251 e. The molecule has 35 heavy (non-hydrogen) atoms. The number of benzene rings is 2. The third-order valence-electron chi connectivity index (χ3n) is 5.14. The first-order valence-electron chi connectivity index (χ1n) is 11.0. The Balaban J connectivity index is 1.53. The van der Waals surface area contributed by atoms with Gasteiger partial charge in [0.2, 0.25) is 5.91 Å². The number of Topliss-reactive ketones (excluding diaryl/α,β-unsaturated/α-hetero) is 1. The number of ketones is 1. The van der Waals surface area contributed by atoms with Crippen LogP contribution in [0.3, 0.4) is 0 Å². The number of carbonyl (C=O) groups is 3. The highest BCUT2D eigenvalue weighted by Gasteiger charge is 2.18. The van der Waals surface area contributed by atoms with Crippen molar-refractivity contribution in [3.05, 3.63) is 95.3 Å². The SMILES string of the molecule is NC[C@H](NC(=O)c1ccc(C#Cc2ccc(NC(=O)CCc3ccncc3)cc2)cc1)C(=O)CO. The Labute approximate surface area is 203 Å². The topological polar surface area (TPSA) is 134 Å². The van der Waals surface area contributed by atoms with Crippen molar-refractivity contribution in [1.82, 2.24) is 10.3 Å². The molecule has 178 valence electrons. The van der Waals surface area contributed by atoms with Crippen LogP contribution in [0.2, 0.25) is 0 Å². The zero-order valence-corrected chi connectivity index (χ0v) is 19.0. The number of aryl methyl sites for hydroxylation is 1. The van der Waals surface area contributed by atoms with Gasteiger partial charge in [-0.15, -0.1) is 0 Å². The van der Waals surface area contributed by atoms with Gasteiger partial charge >= 0.3 is 0 Å². The molecule has 2 amide bonds. The molecule has 1 atom stereocenters. The number of amides is 2. The Morgan fingerprint density at radius 3 is 2.09 bits per heavy atom. The van der Waals surface area contributed by atoms with Crippen molar-refractivity contribution in [2.24, 2.45) is 5.73 Å². The van der Waals surface area contributed by atoms with Crippen molar-refractivity contribution < 1.29 is 19.5 Å². The molecule has 0 spiro atoms. The summed E-state index contributed by atoms with van der Waals surface area (Å²) >= 11 is 0. The van der Waals surface area contributed by atoms with Gasteiger partial charge in [-0.3, -0.25) is 19.4 Å². The van der Waals surface area contributed by atoms with Gasteiger partial charge in [-0.05, 0) is 72.6 Å². The highest BCUT2D eigenvalue weighted by Crippen LogP contribution is 2.11. The molecular weight excluding hydrogens is 444 g/mol. The molecule has 0 bridgehead atoms. The lowest BCUT2D eigenvalue weighted by atomic mass is 10.1. The Hall–Kier alpha value is -4.32. The van der Waals surface area contributed by atoms with Crippen LogP contribution in [0.15, 0.2) is 73.1 Å². The summed E-state index contributed by atoms with van der Waals surface area (Å²) < 4.78 is 0. The van der Waals surface area contributed by atoms with Gasteiger partial charge in [0.15, 0.2) is 5.78 Å². The summed E-state index contributed by atoms with van der Waals surface area (Å²) in [6, 6.07) is 16.7. The first-order chi connectivity index (χ1) is 17.0. The van der Waals surface area contributed by atoms with Crippen LogP contribution in [0.4, 0.5) is 5.69 Å². The molecule has 3 aromatic rings. The van der Waals surface area contributed by atoms with E-state index in [9.17, 15) is 14.4 Å². The molecule has 0 aliphatic rings. The van der Waals surface area contributed by atoms with Gasteiger partial charge in [-0.1, -0.05) is 11.8 Å². The van der Waals surface area contributed by atoms with Crippen molar-refractivity contribution in [1.29, 1.82) is 0 Å². The van der Waals surface area contributed by atoms with E-state index in [0.29, 0.717) is 29.7 Å². The van der Waals surface area contributed by atoms with Crippen molar-refractivity contribution in [2.75, 3.05) is 18.5 Å². The molecule has 0 unspecified atom stereocenters. The number of nitrogens with one attached hydrogen (secondary N) is 2. The fraction of sp³-hybridized carbons (Fsp3) is 0.185. The number of carbonyl (C=O) groups excluding carboxylic acids is 3. The number of aromatic nitrogens is 1. The number of nitrogens with two attached hydrogens (primary N) is 1. The van der Waals surface area contributed by atoms with Crippen LogP contribution in [-0.2, 0) is 16.0 Å². The van der Waals surface area contributed by atoms with E-state index in [1.165, 1.54) is 0 Å². The van der Waals surface area contributed by atoms with Crippen LogP contribution in [0.5, 0.6) is 0 Å². The summed E-state index contributed by atoms with van der Waals surface area (Å²) in [5, 5.41) is 14.3. The van der Waals surface area contributed by atoms with Crippen LogP contribution in [-0.4, -0.2) is 46.9 Å². The molecule has 0 aliphatic heterocycles. The Bertz CT molecular complexity index is 1210. The van der Waals surface area contributed by atoms with E-state index >= 15 is 0 Å².